The van der Waals surface area contributed by atoms with Gasteiger partial charge in [0.25, 0.3) is 5.91 Å². The van der Waals surface area contributed by atoms with Gasteiger partial charge in [-0.05, 0) is 27.1 Å². The second-order valence-electron chi connectivity index (χ2n) is 7.86. The van der Waals surface area contributed by atoms with Gasteiger partial charge in [0.05, 0.1) is 13.0 Å². The largest absolute Gasteiger partial charge is 0.481 e. The monoisotopic (exact) mass is 535 g/mol. The van der Waals surface area contributed by atoms with Crippen LogP contribution < -0.4 is 11.1 Å². The van der Waals surface area contributed by atoms with Crippen LogP contribution in [0, 0.1) is 0 Å². The SMILES string of the molecule is NC(C(=O)NC1C(=O)N2C(C(=O)O)=C(C(CC(=O)O)Sc3nnn[nH]3)CS[C@@H]12)c1ccc(CO)cc1. The van der Waals surface area contributed by atoms with Gasteiger partial charge >= 0.3 is 11.9 Å². The van der Waals surface area contributed by atoms with Crippen molar-refractivity contribution in [2.75, 3.05) is 5.75 Å². The van der Waals surface area contributed by atoms with Gasteiger partial charge in [0, 0.05) is 11.0 Å². The number of thioether (sulfide) groups is 2. The summed E-state index contributed by atoms with van der Waals surface area (Å²) >= 11 is 2.16. The molecular weight excluding hydrogens is 514 g/mol. The number of aromatic nitrogens is 4. The van der Waals surface area contributed by atoms with Crippen LogP contribution in [0.2, 0.25) is 0 Å². The summed E-state index contributed by atoms with van der Waals surface area (Å²) in [6.45, 7) is -0.157. The number of β-lactam (4-membered cyclic amide) rings is 1. The van der Waals surface area contributed by atoms with Crippen molar-refractivity contribution < 1.29 is 34.5 Å². The summed E-state index contributed by atoms with van der Waals surface area (Å²) in [5.41, 5.74) is 7.09. The van der Waals surface area contributed by atoms with Crippen molar-refractivity contribution in [3.8, 4) is 0 Å². The highest BCUT2D eigenvalue weighted by Gasteiger charge is 2.55. The number of hydrogen-bond acceptors (Lipinski definition) is 11. The van der Waals surface area contributed by atoms with E-state index in [-0.39, 0.29) is 28.8 Å². The van der Waals surface area contributed by atoms with Gasteiger partial charge in [0.1, 0.15) is 23.2 Å². The molecule has 1 fully saturated rings. The van der Waals surface area contributed by atoms with Crippen LogP contribution in [0.4, 0.5) is 0 Å². The first-order chi connectivity index (χ1) is 17.2. The number of aliphatic hydroxyl groups is 1. The van der Waals surface area contributed by atoms with E-state index in [2.05, 4.69) is 25.9 Å². The van der Waals surface area contributed by atoms with Gasteiger partial charge in [-0.15, -0.1) is 16.9 Å². The van der Waals surface area contributed by atoms with Crippen LogP contribution in [0.25, 0.3) is 0 Å². The molecule has 14 nitrogen and oxygen atoms in total. The molecule has 4 atom stereocenters. The lowest BCUT2D eigenvalue weighted by molar-refractivity contribution is -0.150. The molecule has 16 heteroatoms. The van der Waals surface area contributed by atoms with Crippen molar-refractivity contribution in [2.24, 2.45) is 5.73 Å². The van der Waals surface area contributed by atoms with Crippen LogP contribution in [0.15, 0.2) is 40.7 Å². The fourth-order valence-corrected chi connectivity index (χ4v) is 6.38. The third-order valence-corrected chi connectivity index (χ3v) is 8.06. The number of rotatable bonds is 10. The van der Waals surface area contributed by atoms with E-state index in [1.54, 1.807) is 24.3 Å². The Balaban J connectivity index is 1.52. The minimum absolute atomic E-state index is 0.115. The average molecular weight is 536 g/mol. The number of aliphatic hydroxyl groups excluding tert-OH is 1. The number of nitrogens with one attached hydrogen (secondary N) is 2. The third kappa shape index (κ3) is 5.06. The summed E-state index contributed by atoms with van der Waals surface area (Å²) in [6, 6.07) is 4.38. The third-order valence-electron chi connectivity index (χ3n) is 5.63. The number of carboxylic acid groups (broad SMARTS) is 2. The highest BCUT2D eigenvalue weighted by atomic mass is 32.2. The Labute approximate surface area is 211 Å². The zero-order chi connectivity index (χ0) is 26.0. The molecule has 7 N–H and O–H groups in total. The smallest absolute Gasteiger partial charge is 0.352 e. The van der Waals surface area contributed by atoms with Crippen LogP contribution >= 0.6 is 23.5 Å². The molecule has 2 aromatic rings. The van der Waals surface area contributed by atoms with Crippen LogP contribution in [-0.2, 0) is 25.8 Å². The minimum Gasteiger partial charge on any atom is -0.481 e. The average Bonchev–Trinajstić information content (AvgIpc) is 3.38. The molecule has 1 saturated heterocycles. The quantitative estimate of drug-likeness (QED) is 0.160. The Morgan fingerprint density at radius 2 is 2.00 bits per heavy atom. The van der Waals surface area contributed by atoms with E-state index in [0.29, 0.717) is 11.1 Å². The number of H-pyrrole nitrogens is 1. The molecule has 36 heavy (non-hydrogen) atoms. The Morgan fingerprint density at radius 3 is 2.58 bits per heavy atom. The molecule has 0 radical (unpaired) electrons. The van der Waals surface area contributed by atoms with Gasteiger partial charge in [-0.2, -0.15) is 0 Å². The van der Waals surface area contributed by atoms with Crippen molar-refractivity contribution in [3.05, 3.63) is 46.7 Å². The molecule has 0 aliphatic carbocycles. The number of carbonyl (C=O) groups excluding carboxylic acids is 2. The topological polar surface area (TPSA) is 225 Å². The Bertz CT molecular complexity index is 1210. The summed E-state index contributed by atoms with van der Waals surface area (Å²) in [6.07, 6.45) is -0.422. The number of aliphatic carboxylic acids is 2. The molecule has 4 rings (SSSR count). The van der Waals surface area contributed by atoms with Crippen LogP contribution in [0.1, 0.15) is 23.6 Å². The zero-order valence-electron chi connectivity index (χ0n) is 18.4. The molecule has 2 aliphatic heterocycles. The molecule has 0 spiro atoms. The lowest BCUT2D eigenvalue weighted by atomic mass is 9.99. The van der Waals surface area contributed by atoms with Crippen molar-refractivity contribution in [3.63, 3.8) is 0 Å². The van der Waals surface area contributed by atoms with Crippen LogP contribution in [0.3, 0.4) is 0 Å². The van der Waals surface area contributed by atoms with Gasteiger partial charge in [-0.1, -0.05) is 36.0 Å². The van der Waals surface area contributed by atoms with E-state index in [4.69, 9.17) is 10.8 Å². The van der Waals surface area contributed by atoms with Crippen LogP contribution in [-0.4, -0.2) is 87.0 Å². The predicted octanol–water partition coefficient (Wildman–Crippen LogP) is -0.934. The van der Waals surface area contributed by atoms with Crippen LogP contribution in [0.5, 0.6) is 0 Å². The summed E-state index contributed by atoms with van der Waals surface area (Å²) in [5, 5.41) is 42.8. The van der Waals surface area contributed by atoms with E-state index in [1.165, 1.54) is 11.8 Å². The van der Waals surface area contributed by atoms with E-state index in [0.717, 1.165) is 16.7 Å². The van der Waals surface area contributed by atoms with Gasteiger partial charge < -0.3 is 26.4 Å². The molecule has 1 aromatic carbocycles. The second kappa shape index (κ2) is 10.7. The van der Waals surface area contributed by atoms with Crippen molar-refractivity contribution in [2.45, 2.75) is 40.9 Å². The van der Waals surface area contributed by atoms with Crippen molar-refractivity contribution in [1.29, 1.82) is 0 Å². The first-order valence-electron chi connectivity index (χ1n) is 10.5. The number of carbonyl (C=O) groups is 4. The standard InChI is InChI=1S/C20H21N7O7S2/c21-13(9-3-1-8(6-28)2-4-9)16(31)22-14-17(32)27-15(19(33)34)10(7-35-18(14)27)11(5-12(29)30)36-20-23-25-26-24-20/h1-4,11,13-14,18,28H,5-7,21H2,(H,22,31)(H,29,30)(H,33,34)(H,23,24,25,26)/t11?,13?,14?,18-/m0/s1. The Morgan fingerprint density at radius 1 is 1.28 bits per heavy atom. The Kier molecular flexibility index (Phi) is 7.58. The fourth-order valence-electron chi connectivity index (χ4n) is 3.84. The number of tetrazole rings is 1. The maximum Gasteiger partial charge on any atom is 0.352 e. The fraction of sp³-hybridized carbons (Fsp3) is 0.350. The number of amides is 2. The summed E-state index contributed by atoms with van der Waals surface area (Å²) in [7, 11) is 0. The lowest BCUT2D eigenvalue weighted by Gasteiger charge is -2.50. The number of carboxylic acids is 2. The van der Waals surface area contributed by atoms with E-state index < -0.39 is 52.9 Å². The molecule has 0 saturated carbocycles. The number of nitrogens with zero attached hydrogens (tertiary/aromatic N) is 4. The summed E-state index contributed by atoms with van der Waals surface area (Å²) in [5.74, 6) is -3.69. The molecule has 190 valence electrons. The highest BCUT2D eigenvalue weighted by Crippen LogP contribution is 2.44. The first kappa shape index (κ1) is 25.6. The first-order valence-corrected chi connectivity index (χ1v) is 12.4. The van der Waals surface area contributed by atoms with E-state index in [1.807, 2.05) is 0 Å². The maximum atomic E-state index is 13.0. The van der Waals surface area contributed by atoms with Crippen molar-refractivity contribution in [1.82, 2.24) is 30.8 Å². The number of fused-ring (bicyclic) bond motifs is 1. The molecule has 3 heterocycles. The van der Waals surface area contributed by atoms with Crippen molar-refractivity contribution >= 4 is 47.3 Å². The lowest BCUT2D eigenvalue weighted by Crippen LogP contribution is -2.71. The van der Waals surface area contributed by atoms with E-state index in [9.17, 15) is 29.4 Å². The zero-order valence-corrected chi connectivity index (χ0v) is 20.0. The molecule has 0 bridgehead atoms. The number of hydrogen-bond donors (Lipinski definition) is 6. The summed E-state index contributed by atoms with van der Waals surface area (Å²) < 4.78 is 0. The molecule has 2 aliphatic rings. The minimum atomic E-state index is -1.39. The number of aromatic amines is 1. The normalized spacial score (nSPS) is 20.8. The summed E-state index contributed by atoms with van der Waals surface area (Å²) in [4.78, 5) is 50.4. The molecule has 2 amide bonds. The predicted molar refractivity (Wildman–Crippen MR) is 125 cm³/mol. The molecule has 3 unspecified atom stereocenters. The Hall–Kier alpha value is -3.47. The molecular formula is C20H21N7O7S2. The maximum absolute atomic E-state index is 13.0. The number of benzene rings is 1. The molecule has 1 aromatic heterocycles. The van der Waals surface area contributed by atoms with Gasteiger partial charge in [0.2, 0.25) is 11.1 Å². The van der Waals surface area contributed by atoms with Gasteiger partial charge in [-0.25, -0.2) is 9.89 Å². The highest BCUT2D eigenvalue weighted by molar-refractivity contribution is 8.01. The van der Waals surface area contributed by atoms with Gasteiger partial charge in [-0.3, -0.25) is 19.3 Å². The number of nitrogens with two attached hydrogens (primary N) is 1. The van der Waals surface area contributed by atoms with Gasteiger partial charge in [0.15, 0.2) is 0 Å². The second-order valence-corrected chi connectivity index (χ2v) is 10.2. The van der Waals surface area contributed by atoms with E-state index >= 15 is 0 Å².